The van der Waals surface area contributed by atoms with E-state index in [1.807, 2.05) is 6.07 Å². The van der Waals surface area contributed by atoms with Crippen molar-refractivity contribution in [3.63, 3.8) is 0 Å². The molecule has 1 aromatic rings. The first-order chi connectivity index (χ1) is 14.8. The van der Waals surface area contributed by atoms with Gasteiger partial charge in [0.25, 0.3) is 5.91 Å². The van der Waals surface area contributed by atoms with Crippen molar-refractivity contribution in [3.05, 3.63) is 23.3 Å². The van der Waals surface area contributed by atoms with Gasteiger partial charge < -0.3 is 20.3 Å². The molecule has 0 aromatic heterocycles. The van der Waals surface area contributed by atoms with Gasteiger partial charge >= 0.3 is 0 Å². The third-order valence-corrected chi connectivity index (χ3v) is 9.37. The van der Waals surface area contributed by atoms with E-state index in [0.717, 1.165) is 30.2 Å². The number of phenolic OH excluding ortho intramolecular Hbond substituents is 1. The Hall–Kier alpha value is -1.75. The summed E-state index contributed by atoms with van der Waals surface area (Å²) < 4.78 is 6.36. The standard InChI is InChI=1S/C26H35NO4/c1-26(2)20-4-3-18(28)12-19(20)23-21(29)10-17(11-22(23)31-26)25(30)27-24-15-6-13-5-14(8-15)9-16(24)7-13/h10-11,13-16,18-20,24,28-29H,3-9,12H2,1-2H3,(H,27,30)/t13?,14?,15?,16?,18-,19-,20-,24?/m1/s1. The van der Waals surface area contributed by atoms with Gasteiger partial charge in [-0.3, -0.25) is 4.79 Å². The second-order valence-corrected chi connectivity index (χ2v) is 11.7. The van der Waals surface area contributed by atoms with Crippen molar-refractivity contribution >= 4 is 5.91 Å². The van der Waals surface area contributed by atoms with E-state index in [0.29, 0.717) is 29.6 Å². The van der Waals surface area contributed by atoms with Crippen molar-refractivity contribution in [1.29, 1.82) is 0 Å². The normalized spacial score (nSPS) is 41.8. The lowest BCUT2D eigenvalue weighted by Gasteiger charge is -2.54. The van der Waals surface area contributed by atoms with E-state index in [9.17, 15) is 15.0 Å². The van der Waals surface area contributed by atoms with E-state index >= 15 is 0 Å². The molecule has 4 bridgehead atoms. The highest BCUT2D eigenvalue weighted by molar-refractivity contribution is 5.95. The van der Waals surface area contributed by atoms with E-state index < -0.39 is 0 Å². The maximum absolute atomic E-state index is 13.3. The number of carbonyl (C=O) groups is 1. The SMILES string of the molecule is CC1(C)Oc2cc(C(=O)NC3C4CC5CC(C4)CC3C5)cc(O)c2[C@@H]2C[C@H](O)CC[C@H]21. The van der Waals surface area contributed by atoms with Crippen LogP contribution >= 0.6 is 0 Å². The Morgan fingerprint density at radius 1 is 1.03 bits per heavy atom. The molecule has 1 aromatic carbocycles. The van der Waals surface area contributed by atoms with Crippen LogP contribution in [0.3, 0.4) is 0 Å². The minimum atomic E-state index is -0.388. The van der Waals surface area contributed by atoms with Gasteiger partial charge in [0.15, 0.2) is 0 Å². The van der Waals surface area contributed by atoms with Crippen molar-refractivity contribution in [2.24, 2.45) is 29.6 Å². The first kappa shape index (κ1) is 19.9. The monoisotopic (exact) mass is 425 g/mol. The van der Waals surface area contributed by atoms with Crippen LogP contribution in [0.15, 0.2) is 12.1 Å². The van der Waals surface area contributed by atoms with Gasteiger partial charge in [0.05, 0.1) is 6.10 Å². The Labute approximate surface area is 184 Å². The van der Waals surface area contributed by atoms with Crippen LogP contribution in [0.25, 0.3) is 0 Å². The molecule has 5 nitrogen and oxygen atoms in total. The number of benzene rings is 1. The summed E-state index contributed by atoms with van der Waals surface area (Å²) in [6.45, 7) is 4.17. The van der Waals surface area contributed by atoms with Crippen molar-refractivity contribution in [2.45, 2.75) is 88.9 Å². The van der Waals surface area contributed by atoms with Gasteiger partial charge in [-0.05, 0) is 101 Å². The molecule has 3 N–H and O–H groups in total. The molecule has 5 heteroatoms. The molecule has 0 unspecified atom stereocenters. The van der Waals surface area contributed by atoms with Gasteiger partial charge in [-0.1, -0.05) is 0 Å². The summed E-state index contributed by atoms with van der Waals surface area (Å²) >= 11 is 0. The van der Waals surface area contributed by atoms with E-state index in [-0.39, 0.29) is 41.2 Å². The fourth-order valence-corrected chi connectivity index (χ4v) is 8.25. The highest BCUT2D eigenvalue weighted by atomic mass is 16.5. The Morgan fingerprint density at radius 3 is 2.39 bits per heavy atom. The second-order valence-electron chi connectivity index (χ2n) is 11.7. The molecule has 0 spiro atoms. The lowest BCUT2D eigenvalue weighted by Crippen LogP contribution is -2.55. The molecular formula is C26H35NO4. The van der Waals surface area contributed by atoms with Crippen molar-refractivity contribution in [2.75, 3.05) is 0 Å². The maximum Gasteiger partial charge on any atom is 0.251 e. The molecule has 5 aliphatic carbocycles. The van der Waals surface area contributed by atoms with E-state index in [1.165, 1.54) is 32.1 Å². The number of aliphatic hydroxyl groups is 1. The summed E-state index contributed by atoms with van der Waals surface area (Å²) in [4.78, 5) is 13.3. The Balaban J connectivity index is 1.28. The lowest BCUT2D eigenvalue weighted by atomic mass is 9.54. The predicted octanol–water partition coefficient (Wildman–Crippen LogP) is 4.36. The van der Waals surface area contributed by atoms with Crippen molar-refractivity contribution in [3.8, 4) is 11.5 Å². The van der Waals surface area contributed by atoms with E-state index in [2.05, 4.69) is 19.2 Å². The molecule has 5 fully saturated rings. The number of amides is 1. The minimum Gasteiger partial charge on any atom is -0.507 e. The van der Waals surface area contributed by atoms with E-state index in [1.54, 1.807) is 6.07 Å². The lowest BCUT2D eigenvalue weighted by molar-refractivity contribution is -0.0317. The molecule has 0 saturated heterocycles. The number of nitrogens with one attached hydrogen (secondary N) is 1. The van der Waals surface area contributed by atoms with Gasteiger partial charge in [-0.15, -0.1) is 0 Å². The molecule has 6 aliphatic rings. The number of fused-ring (bicyclic) bond motifs is 3. The van der Waals surface area contributed by atoms with Gasteiger partial charge in [0.1, 0.15) is 17.1 Å². The zero-order valence-electron chi connectivity index (χ0n) is 18.6. The minimum absolute atomic E-state index is 0.0593. The molecule has 0 radical (unpaired) electrons. The Morgan fingerprint density at radius 2 is 1.71 bits per heavy atom. The van der Waals surface area contributed by atoms with Gasteiger partial charge in [-0.2, -0.15) is 0 Å². The van der Waals surface area contributed by atoms with Crippen molar-refractivity contribution < 1.29 is 19.7 Å². The average molecular weight is 426 g/mol. The van der Waals surface area contributed by atoms with Crippen LogP contribution in [0, 0.1) is 29.6 Å². The molecule has 3 atom stereocenters. The van der Waals surface area contributed by atoms with Crippen LogP contribution in [0.2, 0.25) is 0 Å². The number of hydrogen-bond acceptors (Lipinski definition) is 4. The van der Waals surface area contributed by atoms with Crippen LogP contribution < -0.4 is 10.1 Å². The van der Waals surface area contributed by atoms with Crippen LogP contribution in [0.4, 0.5) is 0 Å². The Bertz CT molecular complexity index is 881. The number of phenols is 1. The topological polar surface area (TPSA) is 78.8 Å². The Kier molecular flexibility index (Phi) is 4.41. The van der Waals surface area contributed by atoms with Gasteiger partial charge in [0.2, 0.25) is 0 Å². The van der Waals surface area contributed by atoms with Gasteiger partial charge in [-0.25, -0.2) is 0 Å². The highest BCUT2D eigenvalue weighted by Gasteiger charge is 2.50. The molecule has 31 heavy (non-hydrogen) atoms. The summed E-state index contributed by atoms with van der Waals surface area (Å²) in [6, 6.07) is 3.71. The zero-order chi connectivity index (χ0) is 21.5. The smallest absolute Gasteiger partial charge is 0.251 e. The predicted molar refractivity (Wildman–Crippen MR) is 117 cm³/mol. The third-order valence-electron chi connectivity index (χ3n) is 9.37. The summed E-state index contributed by atoms with van der Waals surface area (Å²) in [5, 5.41) is 24.6. The number of ether oxygens (including phenoxy) is 1. The number of aliphatic hydroxyl groups excluding tert-OH is 1. The molecule has 1 aliphatic heterocycles. The number of aromatic hydroxyl groups is 1. The van der Waals surface area contributed by atoms with E-state index in [4.69, 9.17) is 4.74 Å². The maximum atomic E-state index is 13.3. The summed E-state index contributed by atoms with van der Waals surface area (Å²) in [5.74, 6) is 3.93. The molecule has 1 heterocycles. The molecule has 5 saturated carbocycles. The van der Waals surface area contributed by atoms with Gasteiger partial charge in [0, 0.05) is 29.0 Å². The van der Waals surface area contributed by atoms with Crippen LogP contribution in [-0.4, -0.2) is 33.9 Å². The molecule has 1 amide bonds. The quantitative estimate of drug-likeness (QED) is 0.658. The molecule has 168 valence electrons. The van der Waals surface area contributed by atoms with Crippen LogP contribution in [-0.2, 0) is 0 Å². The van der Waals surface area contributed by atoms with Crippen LogP contribution in [0.5, 0.6) is 11.5 Å². The molecular weight excluding hydrogens is 390 g/mol. The summed E-state index contributed by atoms with van der Waals surface area (Å²) in [6.07, 6.45) is 8.39. The number of carbonyl (C=O) groups excluding carboxylic acids is 1. The largest absolute Gasteiger partial charge is 0.507 e. The van der Waals surface area contributed by atoms with Crippen LogP contribution in [0.1, 0.15) is 87.1 Å². The zero-order valence-corrected chi connectivity index (χ0v) is 18.6. The summed E-state index contributed by atoms with van der Waals surface area (Å²) in [5.41, 5.74) is 0.866. The number of rotatable bonds is 2. The van der Waals surface area contributed by atoms with Crippen molar-refractivity contribution in [1.82, 2.24) is 5.32 Å². The first-order valence-corrected chi connectivity index (χ1v) is 12.3. The first-order valence-electron chi connectivity index (χ1n) is 12.3. The second kappa shape index (κ2) is 6.87. The summed E-state index contributed by atoms with van der Waals surface area (Å²) in [7, 11) is 0. The fraction of sp³-hybridized carbons (Fsp3) is 0.731. The number of hydrogen-bond donors (Lipinski definition) is 3. The molecule has 7 rings (SSSR count). The average Bonchev–Trinajstić information content (AvgIpc) is 2.68. The fourth-order valence-electron chi connectivity index (χ4n) is 8.25. The highest BCUT2D eigenvalue weighted by Crippen LogP contribution is 2.55. The third kappa shape index (κ3) is 3.18.